The predicted molar refractivity (Wildman–Crippen MR) is 158 cm³/mol. The van der Waals surface area contributed by atoms with Crippen LogP contribution >= 0.6 is 0 Å². The zero-order valence-corrected chi connectivity index (χ0v) is 24.9. The van der Waals surface area contributed by atoms with Gasteiger partial charge in [-0.15, -0.1) is 0 Å². The second kappa shape index (κ2) is 12.0. The van der Waals surface area contributed by atoms with Gasteiger partial charge in [-0.05, 0) is 86.7 Å². The molecule has 0 N–H and O–H groups in total. The molecule has 0 aromatic heterocycles. The summed E-state index contributed by atoms with van der Waals surface area (Å²) < 4.78 is 12.0. The normalized spacial score (nSPS) is 26.2. The van der Waals surface area contributed by atoms with Crippen molar-refractivity contribution in [1.29, 1.82) is 0 Å². The molecule has 5 rings (SSSR count). The van der Waals surface area contributed by atoms with Crippen molar-refractivity contribution < 1.29 is 23.9 Å². The second-order valence-electron chi connectivity index (χ2n) is 12.8. The third-order valence-corrected chi connectivity index (χ3v) is 9.16. The lowest BCUT2D eigenvalue weighted by Crippen LogP contribution is -2.69. The molecule has 0 unspecified atom stereocenters. The van der Waals surface area contributed by atoms with Crippen molar-refractivity contribution in [2.24, 2.45) is 11.8 Å². The summed E-state index contributed by atoms with van der Waals surface area (Å²) in [7, 11) is 0. The van der Waals surface area contributed by atoms with Crippen LogP contribution in [0.1, 0.15) is 82.1 Å². The van der Waals surface area contributed by atoms with Crippen LogP contribution in [-0.2, 0) is 19.7 Å². The van der Waals surface area contributed by atoms with Crippen LogP contribution in [0.4, 0.5) is 0 Å². The Bertz CT molecular complexity index is 1260. The summed E-state index contributed by atoms with van der Waals surface area (Å²) in [5, 5.41) is 0. The molecule has 3 fully saturated rings. The third-order valence-electron chi connectivity index (χ3n) is 9.16. The summed E-state index contributed by atoms with van der Waals surface area (Å²) in [4.78, 5) is 43.1. The van der Waals surface area contributed by atoms with E-state index in [1.165, 1.54) is 26.7 Å². The topological polar surface area (TPSA) is 76.2 Å². The largest absolute Gasteiger partial charge is 0.457 e. The SMILES string of the molecule is CC(=O)Oc1cccc([C@@]23CCN(CC4CC4)C[C@@]2(OC(C)=O)CC[C@H](N(CC(C)C)C(=O)c2ccccc2)C3)c1. The fraction of sp³-hybridized carbons (Fsp3) is 0.559. The minimum Gasteiger partial charge on any atom is -0.457 e. The maximum Gasteiger partial charge on any atom is 0.308 e. The van der Waals surface area contributed by atoms with Crippen LogP contribution < -0.4 is 4.74 Å². The van der Waals surface area contributed by atoms with Crippen LogP contribution in [0.15, 0.2) is 54.6 Å². The highest BCUT2D eigenvalue weighted by Crippen LogP contribution is 2.55. The number of carbonyl (C=O) groups is 3. The number of likely N-dealkylation sites (tertiary alicyclic amines) is 1. The molecule has 1 amide bonds. The molecule has 1 saturated heterocycles. The molecule has 0 bridgehead atoms. The van der Waals surface area contributed by atoms with Gasteiger partial charge in [-0.1, -0.05) is 44.2 Å². The number of piperidine rings is 1. The van der Waals surface area contributed by atoms with Gasteiger partial charge in [0.1, 0.15) is 11.4 Å². The van der Waals surface area contributed by atoms with Crippen LogP contribution in [0.2, 0.25) is 0 Å². The number of fused-ring (bicyclic) bond motifs is 1. The van der Waals surface area contributed by atoms with Gasteiger partial charge in [0.15, 0.2) is 0 Å². The van der Waals surface area contributed by atoms with Crippen LogP contribution in [0.5, 0.6) is 5.75 Å². The Morgan fingerprint density at radius 2 is 1.73 bits per heavy atom. The molecule has 2 saturated carbocycles. The van der Waals surface area contributed by atoms with Crippen molar-refractivity contribution in [3.8, 4) is 5.75 Å². The Kier molecular flexibility index (Phi) is 8.55. The first-order valence-corrected chi connectivity index (χ1v) is 15.2. The van der Waals surface area contributed by atoms with Crippen LogP contribution in [-0.4, -0.2) is 65.5 Å². The number of hydrogen-bond acceptors (Lipinski definition) is 6. The smallest absolute Gasteiger partial charge is 0.308 e. The van der Waals surface area contributed by atoms with Gasteiger partial charge in [0.2, 0.25) is 0 Å². The van der Waals surface area contributed by atoms with E-state index in [0.29, 0.717) is 43.2 Å². The molecule has 3 atom stereocenters. The van der Waals surface area contributed by atoms with Crippen molar-refractivity contribution in [2.45, 2.75) is 83.3 Å². The number of hydrogen-bond donors (Lipinski definition) is 0. The zero-order valence-electron chi connectivity index (χ0n) is 24.9. The van der Waals surface area contributed by atoms with Crippen molar-refractivity contribution in [1.82, 2.24) is 9.80 Å². The van der Waals surface area contributed by atoms with Gasteiger partial charge >= 0.3 is 11.9 Å². The van der Waals surface area contributed by atoms with Crippen LogP contribution in [0, 0.1) is 11.8 Å². The first-order valence-electron chi connectivity index (χ1n) is 15.2. The zero-order chi connectivity index (χ0) is 29.2. The van der Waals surface area contributed by atoms with Gasteiger partial charge in [0, 0.05) is 50.5 Å². The van der Waals surface area contributed by atoms with Gasteiger partial charge in [-0.3, -0.25) is 19.3 Å². The third kappa shape index (κ3) is 6.35. The van der Waals surface area contributed by atoms with E-state index in [4.69, 9.17) is 9.47 Å². The van der Waals surface area contributed by atoms with Crippen molar-refractivity contribution in [3.05, 3.63) is 65.7 Å². The Hall–Kier alpha value is -3.19. The minimum atomic E-state index is -0.739. The number of carbonyl (C=O) groups excluding carboxylic acids is 3. The van der Waals surface area contributed by atoms with E-state index in [9.17, 15) is 14.4 Å². The number of amides is 1. The van der Waals surface area contributed by atoms with E-state index in [0.717, 1.165) is 37.4 Å². The average molecular weight is 561 g/mol. The highest BCUT2D eigenvalue weighted by atomic mass is 16.6. The number of nitrogens with zero attached hydrogens (tertiary/aromatic N) is 2. The molecule has 0 spiro atoms. The molecule has 41 heavy (non-hydrogen) atoms. The number of rotatable bonds is 9. The summed E-state index contributed by atoms with van der Waals surface area (Å²) in [5.41, 5.74) is 0.417. The molecule has 7 heteroatoms. The molecule has 0 radical (unpaired) electrons. The molecule has 2 aliphatic carbocycles. The summed E-state index contributed by atoms with van der Waals surface area (Å²) in [6.45, 7) is 10.4. The monoisotopic (exact) mass is 560 g/mol. The molecular weight excluding hydrogens is 516 g/mol. The first-order chi connectivity index (χ1) is 19.6. The molecule has 3 aliphatic rings. The predicted octanol–water partition coefficient (Wildman–Crippen LogP) is 5.62. The highest BCUT2D eigenvalue weighted by Gasteiger charge is 2.61. The standard InChI is InChI=1S/C34H44N2O5/c1-24(2)21-36(32(39)28-9-6-5-7-10-28)30-15-16-34(41-26(4)38)23-35(22-27-13-14-27)18-17-33(34,20-30)29-11-8-12-31(19-29)40-25(3)37/h5-12,19,24,27,30H,13-18,20-23H2,1-4H3/t30-,33-,34-/m0/s1. The van der Waals surface area contributed by atoms with E-state index < -0.39 is 11.0 Å². The van der Waals surface area contributed by atoms with Gasteiger partial charge in [-0.2, -0.15) is 0 Å². The quantitative estimate of drug-likeness (QED) is 0.293. The Morgan fingerprint density at radius 1 is 0.976 bits per heavy atom. The molecule has 7 nitrogen and oxygen atoms in total. The van der Waals surface area contributed by atoms with Gasteiger partial charge in [0.05, 0.1) is 0 Å². The van der Waals surface area contributed by atoms with Gasteiger partial charge < -0.3 is 14.4 Å². The summed E-state index contributed by atoms with van der Waals surface area (Å²) in [6.07, 6.45) is 5.41. The van der Waals surface area contributed by atoms with E-state index in [1.807, 2.05) is 42.5 Å². The lowest BCUT2D eigenvalue weighted by molar-refractivity contribution is -0.189. The lowest BCUT2D eigenvalue weighted by atomic mass is 9.54. The number of benzene rings is 2. The molecule has 220 valence electrons. The lowest BCUT2D eigenvalue weighted by Gasteiger charge is -2.60. The minimum absolute atomic E-state index is 0.0267. The Balaban J connectivity index is 1.58. The van der Waals surface area contributed by atoms with Crippen molar-refractivity contribution in [3.63, 3.8) is 0 Å². The van der Waals surface area contributed by atoms with Crippen LogP contribution in [0.3, 0.4) is 0 Å². The van der Waals surface area contributed by atoms with E-state index in [2.05, 4.69) is 29.7 Å². The summed E-state index contributed by atoms with van der Waals surface area (Å²) in [6, 6.07) is 17.2. The second-order valence-corrected chi connectivity index (χ2v) is 12.8. The summed E-state index contributed by atoms with van der Waals surface area (Å²) in [5.74, 6) is 0.902. The van der Waals surface area contributed by atoms with E-state index in [1.54, 1.807) is 6.07 Å². The maximum atomic E-state index is 14.0. The molecule has 1 heterocycles. The molecule has 2 aromatic rings. The van der Waals surface area contributed by atoms with Gasteiger partial charge in [0.25, 0.3) is 5.91 Å². The number of ether oxygens (including phenoxy) is 2. The molecule has 1 aliphatic heterocycles. The highest BCUT2D eigenvalue weighted by molar-refractivity contribution is 5.94. The molecular formula is C34H44N2O5. The number of esters is 2. The molecule has 2 aromatic carbocycles. The Labute approximate surface area is 244 Å². The van der Waals surface area contributed by atoms with Crippen molar-refractivity contribution >= 4 is 17.8 Å². The van der Waals surface area contributed by atoms with Crippen LogP contribution in [0.25, 0.3) is 0 Å². The Morgan fingerprint density at radius 3 is 2.39 bits per heavy atom. The summed E-state index contributed by atoms with van der Waals surface area (Å²) >= 11 is 0. The fourth-order valence-corrected chi connectivity index (χ4v) is 7.31. The van der Waals surface area contributed by atoms with E-state index in [-0.39, 0.29) is 23.9 Å². The fourth-order valence-electron chi connectivity index (χ4n) is 7.31. The first kappa shape index (κ1) is 29.3. The van der Waals surface area contributed by atoms with Crippen molar-refractivity contribution in [2.75, 3.05) is 26.2 Å². The maximum absolute atomic E-state index is 14.0. The van der Waals surface area contributed by atoms with Gasteiger partial charge in [-0.25, -0.2) is 0 Å². The van der Waals surface area contributed by atoms with E-state index >= 15 is 0 Å². The average Bonchev–Trinajstić information content (AvgIpc) is 3.75.